The molecule has 102 valence electrons. The number of carbonyl (C=O) groups excluding carboxylic acids is 1. The van der Waals surface area contributed by atoms with Gasteiger partial charge in [-0.1, -0.05) is 6.08 Å². The molecule has 1 saturated heterocycles. The van der Waals surface area contributed by atoms with Gasteiger partial charge in [0.1, 0.15) is 0 Å². The van der Waals surface area contributed by atoms with Crippen molar-refractivity contribution in [1.29, 1.82) is 0 Å². The van der Waals surface area contributed by atoms with Crippen LogP contribution in [0.15, 0.2) is 12.7 Å². The SMILES string of the molecule is C=CCN(C)C(=O)N1CCN(CCC(=O)O)CC1. The van der Waals surface area contributed by atoms with Crippen LogP contribution < -0.4 is 0 Å². The molecule has 1 N–H and O–H groups in total. The highest BCUT2D eigenvalue weighted by Gasteiger charge is 2.22. The maximum atomic E-state index is 12.0. The molecule has 0 aromatic rings. The van der Waals surface area contributed by atoms with E-state index in [-0.39, 0.29) is 12.5 Å². The molecule has 0 atom stereocenters. The Balaban J connectivity index is 2.32. The summed E-state index contributed by atoms with van der Waals surface area (Å²) in [5, 5.41) is 8.61. The van der Waals surface area contributed by atoms with E-state index >= 15 is 0 Å². The molecule has 2 amide bonds. The monoisotopic (exact) mass is 255 g/mol. The Morgan fingerprint density at radius 3 is 2.44 bits per heavy atom. The molecule has 0 unspecified atom stereocenters. The number of nitrogens with zero attached hydrogens (tertiary/aromatic N) is 3. The van der Waals surface area contributed by atoms with Crippen molar-refractivity contribution in [3.8, 4) is 0 Å². The number of likely N-dealkylation sites (N-methyl/N-ethyl adjacent to an activating group) is 1. The number of amides is 2. The number of carboxylic acids is 1. The third-order valence-corrected chi connectivity index (χ3v) is 3.01. The summed E-state index contributed by atoms with van der Waals surface area (Å²) in [6.45, 7) is 7.48. The average molecular weight is 255 g/mol. The van der Waals surface area contributed by atoms with Crippen LogP contribution in [0.25, 0.3) is 0 Å². The van der Waals surface area contributed by atoms with E-state index in [4.69, 9.17) is 5.11 Å². The number of hydrogen-bond acceptors (Lipinski definition) is 3. The van der Waals surface area contributed by atoms with Crippen LogP contribution in [0.2, 0.25) is 0 Å². The van der Waals surface area contributed by atoms with Gasteiger partial charge in [0.05, 0.1) is 6.42 Å². The van der Waals surface area contributed by atoms with Gasteiger partial charge in [0.2, 0.25) is 0 Å². The molecule has 1 aliphatic rings. The van der Waals surface area contributed by atoms with E-state index in [1.807, 2.05) is 0 Å². The van der Waals surface area contributed by atoms with E-state index in [0.29, 0.717) is 26.2 Å². The Bertz CT molecular complexity index is 312. The van der Waals surface area contributed by atoms with Gasteiger partial charge in [0.15, 0.2) is 0 Å². The summed E-state index contributed by atoms with van der Waals surface area (Å²) < 4.78 is 0. The molecule has 18 heavy (non-hydrogen) atoms. The van der Waals surface area contributed by atoms with Crippen LogP contribution in [0, 0.1) is 0 Å². The topological polar surface area (TPSA) is 64.1 Å². The van der Waals surface area contributed by atoms with Gasteiger partial charge < -0.3 is 14.9 Å². The van der Waals surface area contributed by atoms with Gasteiger partial charge in [-0.05, 0) is 0 Å². The molecule has 1 rings (SSSR count). The van der Waals surface area contributed by atoms with Crippen molar-refractivity contribution >= 4 is 12.0 Å². The highest BCUT2D eigenvalue weighted by atomic mass is 16.4. The lowest BCUT2D eigenvalue weighted by molar-refractivity contribution is -0.137. The molecule has 0 spiro atoms. The number of rotatable bonds is 5. The summed E-state index contributed by atoms with van der Waals surface area (Å²) in [7, 11) is 1.75. The number of carbonyl (C=O) groups is 2. The number of piperazine rings is 1. The van der Waals surface area contributed by atoms with Crippen molar-refractivity contribution in [1.82, 2.24) is 14.7 Å². The predicted molar refractivity (Wildman–Crippen MR) is 68.5 cm³/mol. The van der Waals surface area contributed by atoms with E-state index in [0.717, 1.165) is 13.1 Å². The first-order valence-corrected chi connectivity index (χ1v) is 6.09. The molecule has 0 aromatic heterocycles. The van der Waals surface area contributed by atoms with Gasteiger partial charge in [-0.25, -0.2) is 4.79 Å². The van der Waals surface area contributed by atoms with E-state index in [9.17, 15) is 9.59 Å². The third kappa shape index (κ3) is 4.37. The second-order valence-electron chi connectivity index (χ2n) is 4.42. The lowest BCUT2D eigenvalue weighted by Gasteiger charge is -2.36. The third-order valence-electron chi connectivity index (χ3n) is 3.01. The summed E-state index contributed by atoms with van der Waals surface area (Å²) in [5.41, 5.74) is 0. The fraction of sp³-hybridized carbons (Fsp3) is 0.667. The van der Waals surface area contributed by atoms with Crippen molar-refractivity contribution in [2.45, 2.75) is 6.42 Å². The van der Waals surface area contributed by atoms with E-state index in [1.165, 1.54) is 0 Å². The molecule has 0 aliphatic carbocycles. The molecule has 1 heterocycles. The van der Waals surface area contributed by atoms with Gasteiger partial charge in [-0.2, -0.15) is 0 Å². The maximum absolute atomic E-state index is 12.0. The summed E-state index contributed by atoms with van der Waals surface area (Å²) in [6, 6.07) is 0.00721. The van der Waals surface area contributed by atoms with Crippen LogP contribution in [-0.4, -0.2) is 78.1 Å². The highest BCUT2D eigenvalue weighted by Crippen LogP contribution is 2.05. The van der Waals surface area contributed by atoms with Crippen LogP contribution in [0.3, 0.4) is 0 Å². The van der Waals surface area contributed by atoms with Gasteiger partial charge in [-0.15, -0.1) is 6.58 Å². The zero-order chi connectivity index (χ0) is 13.5. The van der Waals surface area contributed by atoms with Gasteiger partial charge in [-0.3, -0.25) is 9.69 Å². The van der Waals surface area contributed by atoms with Crippen LogP contribution in [0.5, 0.6) is 0 Å². The lowest BCUT2D eigenvalue weighted by Crippen LogP contribution is -2.52. The van der Waals surface area contributed by atoms with Crippen molar-refractivity contribution in [3.05, 3.63) is 12.7 Å². The minimum atomic E-state index is -0.778. The smallest absolute Gasteiger partial charge is 0.320 e. The van der Waals surface area contributed by atoms with E-state index < -0.39 is 5.97 Å². The number of urea groups is 1. The minimum absolute atomic E-state index is 0.00721. The molecule has 0 aromatic carbocycles. The van der Waals surface area contributed by atoms with Crippen LogP contribution >= 0.6 is 0 Å². The first kappa shape index (κ1) is 14.5. The number of carboxylic acid groups (broad SMARTS) is 1. The van der Waals surface area contributed by atoms with Gasteiger partial charge in [0.25, 0.3) is 0 Å². The number of hydrogen-bond donors (Lipinski definition) is 1. The summed E-state index contributed by atoms with van der Waals surface area (Å²) >= 11 is 0. The second-order valence-corrected chi connectivity index (χ2v) is 4.42. The Kier molecular flexibility index (Phi) is 5.64. The molecule has 6 nitrogen and oxygen atoms in total. The van der Waals surface area contributed by atoms with Gasteiger partial charge in [0, 0.05) is 46.3 Å². The van der Waals surface area contributed by atoms with Gasteiger partial charge >= 0.3 is 12.0 Å². The zero-order valence-corrected chi connectivity index (χ0v) is 10.8. The van der Waals surface area contributed by atoms with E-state index in [1.54, 1.807) is 22.9 Å². The molecule has 0 bridgehead atoms. The first-order chi connectivity index (χ1) is 8.54. The Labute approximate surface area is 107 Å². The molecule has 1 fully saturated rings. The molecule has 0 saturated carbocycles. The second kappa shape index (κ2) is 7.00. The number of aliphatic carboxylic acids is 1. The standard InChI is InChI=1S/C12H21N3O3/c1-3-5-13(2)12(18)15-9-7-14(8-10-15)6-4-11(16)17/h3H,1,4-10H2,2H3,(H,16,17). The summed E-state index contributed by atoms with van der Waals surface area (Å²) in [5.74, 6) is -0.778. The van der Waals surface area contributed by atoms with Crippen molar-refractivity contribution < 1.29 is 14.7 Å². The fourth-order valence-corrected chi connectivity index (χ4v) is 1.93. The lowest BCUT2D eigenvalue weighted by atomic mass is 10.3. The van der Waals surface area contributed by atoms with Crippen LogP contribution in [-0.2, 0) is 4.79 Å². The Hall–Kier alpha value is -1.56. The molecule has 0 radical (unpaired) electrons. The van der Waals surface area contributed by atoms with Crippen LogP contribution in [0.4, 0.5) is 4.79 Å². The molecular formula is C12H21N3O3. The summed E-state index contributed by atoms with van der Waals surface area (Å²) in [6.07, 6.45) is 1.85. The average Bonchev–Trinajstić information content (AvgIpc) is 2.36. The van der Waals surface area contributed by atoms with E-state index in [2.05, 4.69) is 11.5 Å². The molecule has 1 aliphatic heterocycles. The quantitative estimate of drug-likeness (QED) is 0.718. The maximum Gasteiger partial charge on any atom is 0.320 e. The zero-order valence-electron chi connectivity index (χ0n) is 10.8. The van der Waals surface area contributed by atoms with Crippen molar-refractivity contribution in [2.24, 2.45) is 0 Å². The van der Waals surface area contributed by atoms with Crippen molar-refractivity contribution in [2.75, 3.05) is 46.3 Å². The fourth-order valence-electron chi connectivity index (χ4n) is 1.93. The Morgan fingerprint density at radius 2 is 1.94 bits per heavy atom. The highest BCUT2D eigenvalue weighted by molar-refractivity contribution is 5.74. The minimum Gasteiger partial charge on any atom is -0.481 e. The van der Waals surface area contributed by atoms with Crippen LogP contribution in [0.1, 0.15) is 6.42 Å². The Morgan fingerprint density at radius 1 is 1.33 bits per heavy atom. The summed E-state index contributed by atoms with van der Waals surface area (Å²) in [4.78, 5) is 27.9. The normalized spacial score (nSPS) is 16.4. The predicted octanol–water partition coefficient (Wildman–Crippen LogP) is 0.317. The molecule has 6 heteroatoms. The largest absolute Gasteiger partial charge is 0.481 e. The first-order valence-electron chi connectivity index (χ1n) is 6.09. The van der Waals surface area contributed by atoms with Crippen molar-refractivity contribution in [3.63, 3.8) is 0 Å². The molecular weight excluding hydrogens is 234 g/mol.